The lowest BCUT2D eigenvalue weighted by Crippen LogP contribution is -2.20. The van der Waals surface area contributed by atoms with Crippen LogP contribution in [0.5, 0.6) is 0 Å². The predicted molar refractivity (Wildman–Crippen MR) is 120 cm³/mol. The SMILES string of the molecule is CCCCCCCCCC(CCCCCCCCC(O)CCCC)S(=O)(=O)O. The van der Waals surface area contributed by atoms with Crippen LogP contribution in [0, 0.1) is 0 Å². The van der Waals surface area contributed by atoms with Crippen LogP contribution >= 0.6 is 0 Å². The van der Waals surface area contributed by atoms with Gasteiger partial charge in [-0.3, -0.25) is 4.55 Å². The molecule has 0 saturated carbocycles. The van der Waals surface area contributed by atoms with E-state index in [1.165, 1.54) is 32.1 Å². The summed E-state index contributed by atoms with van der Waals surface area (Å²) in [5, 5.41) is 9.25. The van der Waals surface area contributed by atoms with Crippen molar-refractivity contribution < 1.29 is 18.1 Å². The van der Waals surface area contributed by atoms with Gasteiger partial charge in [0.2, 0.25) is 0 Å². The molecular formula is C23H48O4S. The van der Waals surface area contributed by atoms with Gasteiger partial charge in [0.1, 0.15) is 0 Å². The van der Waals surface area contributed by atoms with Crippen LogP contribution in [0.3, 0.4) is 0 Å². The van der Waals surface area contributed by atoms with Gasteiger partial charge < -0.3 is 5.11 Å². The maximum Gasteiger partial charge on any atom is 0.267 e. The highest BCUT2D eigenvalue weighted by Crippen LogP contribution is 2.19. The van der Waals surface area contributed by atoms with Gasteiger partial charge in [-0.2, -0.15) is 8.42 Å². The van der Waals surface area contributed by atoms with Gasteiger partial charge in [-0.05, 0) is 25.7 Å². The number of aliphatic hydroxyl groups excluding tert-OH is 1. The van der Waals surface area contributed by atoms with Gasteiger partial charge in [-0.15, -0.1) is 0 Å². The zero-order chi connectivity index (χ0) is 21.1. The van der Waals surface area contributed by atoms with Crippen molar-refractivity contribution in [2.75, 3.05) is 0 Å². The van der Waals surface area contributed by atoms with Crippen molar-refractivity contribution in [3.8, 4) is 0 Å². The largest absolute Gasteiger partial charge is 0.393 e. The number of hydrogen-bond acceptors (Lipinski definition) is 3. The average molecular weight is 421 g/mol. The molecule has 0 aliphatic carbocycles. The van der Waals surface area contributed by atoms with Crippen molar-refractivity contribution in [2.45, 2.75) is 147 Å². The van der Waals surface area contributed by atoms with E-state index in [9.17, 15) is 18.1 Å². The molecule has 4 nitrogen and oxygen atoms in total. The van der Waals surface area contributed by atoms with Gasteiger partial charge in [0, 0.05) is 0 Å². The Bertz CT molecular complexity index is 422. The highest BCUT2D eigenvalue weighted by Gasteiger charge is 2.21. The number of unbranched alkanes of at least 4 members (excludes halogenated alkanes) is 12. The Kier molecular flexibility index (Phi) is 18.8. The fourth-order valence-corrected chi connectivity index (χ4v) is 4.74. The number of hydrogen-bond donors (Lipinski definition) is 2. The first-order valence-electron chi connectivity index (χ1n) is 12.1. The van der Waals surface area contributed by atoms with E-state index in [0.717, 1.165) is 77.0 Å². The molecule has 0 bridgehead atoms. The standard InChI is InChI=1S/C23H48O4S/c1-3-5-7-8-9-13-16-20-23(28(25,26)27)21-17-14-11-10-12-15-19-22(24)18-6-4-2/h22-24H,3-21H2,1-2H3,(H,25,26,27). The van der Waals surface area contributed by atoms with Crippen molar-refractivity contribution >= 4 is 10.1 Å². The van der Waals surface area contributed by atoms with Crippen LogP contribution in [-0.4, -0.2) is 29.4 Å². The molecule has 0 aromatic rings. The summed E-state index contributed by atoms with van der Waals surface area (Å²) >= 11 is 0. The van der Waals surface area contributed by atoms with Gasteiger partial charge in [0.25, 0.3) is 10.1 Å². The molecule has 0 amide bonds. The molecule has 0 aliphatic heterocycles. The van der Waals surface area contributed by atoms with E-state index >= 15 is 0 Å². The number of aliphatic hydroxyl groups is 1. The van der Waals surface area contributed by atoms with Gasteiger partial charge in [-0.25, -0.2) is 0 Å². The Labute approximate surface area is 175 Å². The van der Waals surface area contributed by atoms with E-state index in [1.807, 2.05) is 0 Å². The normalized spacial score (nSPS) is 14.3. The predicted octanol–water partition coefficient (Wildman–Crippen LogP) is 7.06. The highest BCUT2D eigenvalue weighted by molar-refractivity contribution is 7.86. The molecule has 0 aromatic heterocycles. The summed E-state index contributed by atoms with van der Waals surface area (Å²) in [6.07, 6.45) is 19.7. The van der Waals surface area contributed by atoms with Crippen LogP contribution in [0.2, 0.25) is 0 Å². The molecule has 28 heavy (non-hydrogen) atoms. The Balaban J connectivity index is 3.71. The molecule has 0 radical (unpaired) electrons. The van der Waals surface area contributed by atoms with Crippen LogP contribution in [0.15, 0.2) is 0 Å². The molecular weight excluding hydrogens is 372 g/mol. The zero-order valence-corrected chi connectivity index (χ0v) is 19.5. The third kappa shape index (κ3) is 17.9. The van der Waals surface area contributed by atoms with E-state index in [2.05, 4.69) is 13.8 Å². The Hall–Kier alpha value is -0.130. The summed E-state index contributed by atoms with van der Waals surface area (Å²) in [6.45, 7) is 4.35. The van der Waals surface area contributed by atoms with Gasteiger partial charge in [-0.1, -0.05) is 110 Å². The fourth-order valence-electron chi connectivity index (χ4n) is 3.81. The molecule has 2 atom stereocenters. The second-order valence-corrected chi connectivity index (χ2v) is 10.2. The molecule has 2 unspecified atom stereocenters. The molecule has 0 saturated heterocycles. The molecule has 0 fully saturated rings. The zero-order valence-electron chi connectivity index (χ0n) is 18.7. The lowest BCUT2D eigenvalue weighted by molar-refractivity contribution is 0.148. The molecule has 0 aromatic carbocycles. The van der Waals surface area contributed by atoms with E-state index < -0.39 is 15.4 Å². The van der Waals surface area contributed by atoms with Gasteiger partial charge in [0.15, 0.2) is 0 Å². The minimum atomic E-state index is -3.91. The maximum atomic E-state index is 11.6. The highest BCUT2D eigenvalue weighted by atomic mass is 32.2. The molecule has 0 spiro atoms. The lowest BCUT2D eigenvalue weighted by atomic mass is 10.0. The van der Waals surface area contributed by atoms with Crippen molar-refractivity contribution in [3.05, 3.63) is 0 Å². The monoisotopic (exact) mass is 420 g/mol. The summed E-state index contributed by atoms with van der Waals surface area (Å²) in [7, 11) is -3.91. The lowest BCUT2D eigenvalue weighted by Gasteiger charge is -2.14. The minimum Gasteiger partial charge on any atom is -0.393 e. The minimum absolute atomic E-state index is 0.137. The van der Waals surface area contributed by atoms with Crippen LogP contribution in [0.25, 0.3) is 0 Å². The Morgan fingerprint density at radius 2 is 0.929 bits per heavy atom. The first-order chi connectivity index (χ1) is 13.4. The third-order valence-electron chi connectivity index (χ3n) is 5.76. The first-order valence-corrected chi connectivity index (χ1v) is 13.6. The second kappa shape index (κ2) is 18.9. The molecule has 0 aliphatic rings. The second-order valence-electron chi connectivity index (χ2n) is 8.54. The van der Waals surface area contributed by atoms with Crippen LogP contribution in [-0.2, 0) is 10.1 Å². The molecule has 2 N–H and O–H groups in total. The van der Waals surface area contributed by atoms with E-state index in [0.29, 0.717) is 12.8 Å². The van der Waals surface area contributed by atoms with Crippen LogP contribution in [0.4, 0.5) is 0 Å². The van der Waals surface area contributed by atoms with E-state index in [4.69, 9.17) is 0 Å². The quantitative estimate of drug-likeness (QED) is 0.154. The van der Waals surface area contributed by atoms with Gasteiger partial charge in [0.05, 0.1) is 11.4 Å². The molecule has 0 rings (SSSR count). The van der Waals surface area contributed by atoms with Crippen molar-refractivity contribution in [1.29, 1.82) is 0 Å². The van der Waals surface area contributed by atoms with Crippen LogP contribution in [0.1, 0.15) is 136 Å². The first kappa shape index (κ1) is 27.9. The summed E-state index contributed by atoms with van der Waals surface area (Å²) in [4.78, 5) is 0. The van der Waals surface area contributed by atoms with Gasteiger partial charge >= 0.3 is 0 Å². The Morgan fingerprint density at radius 3 is 1.36 bits per heavy atom. The summed E-state index contributed by atoms with van der Waals surface area (Å²) in [6, 6.07) is 0. The Morgan fingerprint density at radius 1 is 0.571 bits per heavy atom. The molecule has 5 heteroatoms. The summed E-state index contributed by atoms with van der Waals surface area (Å²) < 4.78 is 32.7. The summed E-state index contributed by atoms with van der Waals surface area (Å²) in [5.41, 5.74) is 0. The topological polar surface area (TPSA) is 74.6 Å². The van der Waals surface area contributed by atoms with Crippen molar-refractivity contribution in [2.24, 2.45) is 0 Å². The van der Waals surface area contributed by atoms with Crippen LogP contribution < -0.4 is 0 Å². The molecule has 0 heterocycles. The average Bonchev–Trinajstić information content (AvgIpc) is 2.64. The van der Waals surface area contributed by atoms with E-state index in [1.54, 1.807) is 0 Å². The van der Waals surface area contributed by atoms with Crippen molar-refractivity contribution in [1.82, 2.24) is 0 Å². The van der Waals surface area contributed by atoms with Crippen molar-refractivity contribution in [3.63, 3.8) is 0 Å². The maximum absolute atomic E-state index is 11.6. The third-order valence-corrected chi connectivity index (χ3v) is 7.07. The fraction of sp³-hybridized carbons (Fsp3) is 1.00. The van der Waals surface area contributed by atoms with E-state index in [-0.39, 0.29) is 6.10 Å². The number of rotatable bonds is 21. The summed E-state index contributed by atoms with van der Waals surface area (Å²) in [5.74, 6) is 0. The molecule has 170 valence electrons. The smallest absolute Gasteiger partial charge is 0.267 e.